The van der Waals surface area contributed by atoms with Gasteiger partial charge in [-0.1, -0.05) is 18.2 Å². The summed E-state index contributed by atoms with van der Waals surface area (Å²) in [5.74, 6) is -0.0215. The normalized spacial score (nSPS) is 22.5. The number of ether oxygens (including phenoxy) is 2. The number of sulfonamides is 1. The first-order chi connectivity index (χ1) is 16.2. The number of amides is 2. The zero-order chi connectivity index (χ0) is 24.5. The lowest BCUT2D eigenvalue weighted by molar-refractivity contribution is -0.133. The summed E-state index contributed by atoms with van der Waals surface area (Å²) < 4.78 is 40.4. The Kier molecular flexibility index (Phi) is 6.81. The zero-order valence-electron chi connectivity index (χ0n) is 19.4. The van der Waals surface area contributed by atoms with E-state index in [9.17, 15) is 18.0 Å². The van der Waals surface area contributed by atoms with Crippen LogP contribution in [-0.4, -0.2) is 64.1 Å². The maximum atomic E-state index is 13.3. The van der Waals surface area contributed by atoms with Crippen molar-refractivity contribution in [3.63, 3.8) is 0 Å². The molecule has 0 aliphatic carbocycles. The highest BCUT2D eigenvalue weighted by Crippen LogP contribution is 2.33. The van der Waals surface area contributed by atoms with Gasteiger partial charge in [0.1, 0.15) is 18.5 Å². The highest BCUT2D eigenvalue weighted by molar-refractivity contribution is 7.92. The number of nitrogens with zero attached hydrogens (tertiary/aromatic N) is 1. The van der Waals surface area contributed by atoms with Gasteiger partial charge in [0.25, 0.3) is 15.9 Å². The van der Waals surface area contributed by atoms with Crippen LogP contribution in [0.15, 0.2) is 47.4 Å². The molecule has 0 saturated carbocycles. The van der Waals surface area contributed by atoms with Crippen LogP contribution in [0.4, 0.5) is 5.69 Å². The molecule has 3 atom stereocenters. The van der Waals surface area contributed by atoms with Crippen LogP contribution in [0.2, 0.25) is 0 Å². The van der Waals surface area contributed by atoms with E-state index in [1.807, 2.05) is 0 Å². The van der Waals surface area contributed by atoms with Crippen LogP contribution < -0.4 is 14.8 Å². The second kappa shape index (κ2) is 9.63. The van der Waals surface area contributed by atoms with Gasteiger partial charge in [-0.15, -0.1) is 0 Å². The third kappa shape index (κ3) is 4.88. The van der Waals surface area contributed by atoms with Crippen LogP contribution in [0.25, 0.3) is 0 Å². The molecule has 2 heterocycles. The topological polar surface area (TPSA) is 114 Å². The monoisotopic (exact) mass is 487 g/mol. The summed E-state index contributed by atoms with van der Waals surface area (Å²) in [7, 11) is -0.525. The minimum atomic E-state index is -3.82. The third-order valence-corrected chi connectivity index (χ3v) is 7.88. The molecule has 10 heteroatoms. The van der Waals surface area contributed by atoms with Gasteiger partial charge in [0, 0.05) is 19.8 Å². The van der Waals surface area contributed by atoms with Crippen molar-refractivity contribution >= 4 is 27.5 Å². The summed E-state index contributed by atoms with van der Waals surface area (Å²) in [4.78, 5) is 26.9. The number of nitrogens with one attached hydrogen (secondary N) is 2. The molecule has 0 aromatic heterocycles. The Labute approximate surface area is 199 Å². The largest absolute Gasteiger partial charge is 0.490 e. The Morgan fingerprint density at radius 2 is 1.94 bits per heavy atom. The van der Waals surface area contributed by atoms with Crippen molar-refractivity contribution in [1.82, 2.24) is 10.2 Å². The van der Waals surface area contributed by atoms with Gasteiger partial charge in [-0.3, -0.25) is 14.3 Å². The lowest BCUT2D eigenvalue weighted by Crippen LogP contribution is -2.53. The van der Waals surface area contributed by atoms with E-state index in [1.54, 1.807) is 56.3 Å². The molecular weight excluding hydrogens is 458 g/mol. The van der Waals surface area contributed by atoms with Crippen LogP contribution in [0.1, 0.15) is 35.2 Å². The predicted molar refractivity (Wildman–Crippen MR) is 126 cm³/mol. The van der Waals surface area contributed by atoms with Crippen molar-refractivity contribution in [2.75, 3.05) is 25.4 Å². The Morgan fingerprint density at radius 1 is 1.18 bits per heavy atom. The summed E-state index contributed by atoms with van der Waals surface area (Å²) in [6, 6.07) is 11.1. The molecule has 2 aromatic rings. The van der Waals surface area contributed by atoms with Crippen molar-refractivity contribution in [3.8, 4) is 5.75 Å². The van der Waals surface area contributed by atoms with Gasteiger partial charge < -0.3 is 19.7 Å². The molecule has 2 aliphatic rings. The maximum absolute atomic E-state index is 13.3. The fourth-order valence-corrected chi connectivity index (χ4v) is 5.76. The number of hydrogen-bond donors (Lipinski definition) is 2. The van der Waals surface area contributed by atoms with Gasteiger partial charge in [-0.25, -0.2) is 8.42 Å². The lowest BCUT2D eigenvalue weighted by atomic mass is 9.94. The molecule has 2 aromatic carbocycles. The first kappa shape index (κ1) is 24.0. The first-order valence-electron chi connectivity index (χ1n) is 11.2. The summed E-state index contributed by atoms with van der Waals surface area (Å²) in [5, 5.41) is 2.61. The van der Waals surface area contributed by atoms with Crippen molar-refractivity contribution in [1.29, 1.82) is 0 Å². The second-order valence-corrected chi connectivity index (χ2v) is 10.3. The van der Waals surface area contributed by atoms with Gasteiger partial charge >= 0.3 is 0 Å². The molecule has 34 heavy (non-hydrogen) atoms. The maximum Gasteiger partial charge on any atom is 0.262 e. The van der Waals surface area contributed by atoms with Crippen molar-refractivity contribution in [2.45, 2.75) is 49.3 Å². The van der Waals surface area contributed by atoms with E-state index in [1.165, 1.54) is 12.1 Å². The van der Waals surface area contributed by atoms with E-state index >= 15 is 0 Å². The molecule has 0 bridgehead atoms. The van der Waals surface area contributed by atoms with Gasteiger partial charge in [0.2, 0.25) is 5.91 Å². The Morgan fingerprint density at radius 3 is 2.68 bits per heavy atom. The van der Waals surface area contributed by atoms with Crippen LogP contribution in [-0.2, 0) is 19.6 Å². The standard InChI is InChI=1S/C24H29N3O6S/c1-15-6-4-5-7-22(15)34(30,31)26-16-8-11-20-18(12-16)24(29)27(3)19-10-9-17(13-23(28)25-2)33-21(19)14-32-20/h4-8,11-12,17,19,21,26H,9-10,13-14H2,1-3H3,(H,25,28)/t17-,19+,21+/m1/s1. The fourth-order valence-electron chi connectivity index (χ4n) is 4.47. The molecule has 0 radical (unpaired) electrons. The quantitative estimate of drug-likeness (QED) is 0.669. The number of fused-ring (bicyclic) bond motifs is 2. The Bertz CT molecular complexity index is 1200. The van der Waals surface area contributed by atoms with E-state index in [-0.39, 0.29) is 59.2 Å². The third-order valence-electron chi connectivity index (χ3n) is 6.34. The molecule has 0 spiro atoms. The van der Waals surface area contributed by atoms with E-state index in [2.05, 4.69) is 10.0 Å². The molecule has 2 N–H and O–H groups in total. The van der Waals surface area contributed by atoms with Gasteiger partial charge in [0.15, 0.2) is 0 Å². The summed E-state index contributed by atoms with van der Waals surface area (Å²) in [5.41, 5.74) is 1.17. The van der Waals surface area contributed by atoms with Crippen LogP contribution in [0, 0.1) is 6.92 Å². The molecule has 2 amide bonds. The molecule has 0 unspecified atom stereocenters. The van der Waals surface area contributed by atoms with Crippen LogP contribution in [0.5, 0.6) is 5.75 Å². The summed E-state index contributed by atoms with van der Waals surface area (Å²) in [6.45, 7) is 1.94. The zero-order valence-corrected chi connectivity index (χ0v) is 20.2. The number of hydrogen-bond acceptors (Lipinski definition) is 6. The van der Waals surface area contributed by atoms with Gasteiger partial charge in [-0.05, 0) is 49.6 Å². The van der Waals surface area contributed by atoms with Gasteiger partial charge in [-0.2, -0.15) is 0 Å². The Balaban J connectivity index is 1.56. The highest BCUT2D eigenvalue weighted by Gasteiger charge is 2.39. The van der Waals surface area contributed by atoms with Crippen LogP contribution in [0.3, 0.4) is 0 Å². The number of likely N-dealkylation sites (N-methyl/N-ethyl adjacent to an activating group) is 1. The number of aryl methyl sites for hydroxylation is 1. The Hall–Kier alpha value is -3.11. The molecule has 1 fully saturated rings. The fraction of sp³-hybridized carbons (Fsp3) is 0.417. The molecule has 1 saturated heterocycles. The number of carbonyl (C=O) groups is 2. The van der Waals surface area contributed by atoms with Crippen molar-refractivity contribution < 1.29 is 27.5 Å². The second-order valence-electron chi connectivity index (χ2n) is 8.63. The number of rotatable bonds is 5. The summed E-state index contributed by atoms with van der Waals surface area (Å²) in [6.07, 6.45) is 0.982. The van der Waals surface area contributed by atoms with E-state index < -0.39 is 10.0 Å². The first-order valence-corrected chi connectivity index (χ1v) is 12.7. The molecule has 9 nitrogen and oxygen atoms in total. The summed E-state index contributed by atoms with van der Waals surface area (Å²) >= 11 is 0. The minimum Gasteiger partial charge on any atom is -0.490 e. The lowest BCUT2D eigenvalue weighted by Gasteiger charge is -2.42. The molecule has 2 aliphatic heterocycles. The molecule has 182 valence electrons. The van der Waals surface area contributed by atoms with E-state index in [0.717, 1.165) is 0 Å². The number of anilines is 1. The predicted octanol–water partition coefficient (Wildman–Crippen LogP) is 2.31. The van der Waals surface area contributed by atoms with Crippen LogP contribution >= 0.6 is 0 Å². The smallest absolute Gasteiger partial charge is 0.262 e. The molecular formula is C24H29N3O6S. The van der Waals surface area contributed by atoms with Crippen molar-refractivity contribution in [3.05, 3.63) is 53.6 Å². The molecule has 4 rings (SSSR count). The van der Waals surface area contributed by atoms with Gasteiger partial charge in [0.05, 0.1) is 29.0 Å². The number of benzene rings is 2. The SMILES string of the molecule is CNC(=O)C[C@H]1CC[C@H]2[C@H](COc3ccc(NS(=O)(=O)c4ccccc4C)cc3C(=O)N2C)O1. The average Bonchev–Trinajstić information content (AvgIpc) is 2.81. The highest BCUT2D eigenvalue weighted by atomic mass is 32.2. The van der Waals surface area contributed by atoms with E-state index in [0.29, 0.717) is 24.2 Å². The average molecular weight is 488 g/mol. The minimum absolute atomic E-state index is 0.0920. The number of carbonyl (C=O) groups excluding carboxylic acids is 2. The van der Waals surface area contributed by atoms with Crippen molar-refractivity contribution in [2.24, 2.45) is 0 Å². The van der Waals surface area contributed by atoms with E-state index in [4.69, 9.17) is 9.47 Å².